The van der Waals surface area contributed by atoms with Crippen molar-refractivity contribution in [1.29, 1.82) is 0 Å². The zero-order valence-electron chi connectivity index (χ0n) is 8.07. The van der Waals surface area contributed by atoms with Crippen molar-refractivity contribution in [2.75, 3.05) is 7.11 Å². The van der Waals surface area contributed by atoms with Gasteiger partial charge in [0.15, 0.2) is 0 Å². The van der Waals surface area contributed by atoms with Crippen molar-refractivity contribution in [3.8, 4) is 0 Å². The molecule has 0 aliphatic carbocycles. The van der Waals surface area contributed by atoms with Gasteiger partial charge in [0.05, 0.1) is 7.11 Å². The van der Waals surface area contributed by atoms with Gasteiger partial charge in [-0.15, -0.1) is 0 Å². The largest absolute Gasteiger partial charge is 0.466 e. The lowest BCUT2D eigenvalue weighted by molar-refractivity contribution is -0.134. The third-order valence-corrected chi connectivity index (χ3v) is 1.83. The number of rotatable bonds is 3. The van der Waals surface area contributed by atoms with E-state index in [1.165, 1.54) is 13.2 Å². The summed E-state index contributed by atoms with van der Waals surface area (Å²) in [4.78, 5) is 10.8. The highest BCUT2D eigenvalue weighted by atomic mass is 16.5. The molecule has 14 heavy (non-hydrogen) atoms. The first-order valence-corrected chi connectivity index (χ1v) is 4.31. The molecule has 0 aliphatic rings. The smallest absolute Gasteiger partial charge is 0.330 e. The van der Waals surface area contributed by atoms with E-state index in [0.29, 0.717) is 6.54 Å². The number of ether oxygens (including phenoxy) is 1. The molecule has 0 radical (unpaired) electrons. The van der Waals surface area contributed by atoms with Crippen molar-refractivity contribution in [1.82, 2.24) is 0 Å². The monoisotopic (exact) mass is 191 g/mol. The fourth-order valence-electron chi connectivity index (χ4n) is 0.997. The summed E-state index contributed by atoms with van der Waals surface area (Å²) in [5.74, 6) is -0.354. The van der Waals surface area contributed by atoms with Crippen LogP contribution in [0, 0.1) is 0 Å². The Bertz CT molecular complexity index is 328. The topological polar surface area (TPSA) is 52.3 Å². The summed E-state index contributed by atoms with van der Waals surface area (Å²) >= 11 is 0. The molecule has 1 aromatic rings. The first-order chi connectivity index (χ1) is 6.76. The number of benzene rings is 1. The van der Waals surface area contributed by atoms with E-state index in [1.54, 1.807) is 6.08 Å². The quantitative estimate of drug-likeness (QED) is 0.579. The summed E-state index contributed by atoms with van der Waals surface area (Å²) in [5.41, 5.74) is 7.47. The van der Waals surface area contributed by atoms with Gasteiger partial charge in [-0.1, -0.05) is 24.3 Å². The van der Waals surface area contributed by atoms with E-state index in [1.807, 2.05) is 24.3 Å². The van der Waals surface area contributed by atoms with Gasteiger partial charge in [0.2, 0.25) is 0 Å². The molecule has 0 atom stereocenters. The lowest BCUT2D eigenvalue weighted by Gasteiger charge is -1.96. The third-order valence-electron chi connectivity index (χ3n) is 1.83. The lowest BCUT2D eigenvalue weighted by Crippen LogP contribution is -1.95. The maximum absolute atomic E-state index is 10.8. The number of carbonyl (C=O) groups excluding carboxylic acids is 1. The molecule has 0 aliphatic heterocycles. The van der Waals surface area contributed by atoms with Gasteiger partial charge in [0, 0.05) is 12.6 Å². The van der Waals surface area contributed by atoms with Crippen molar-refractivity contribution >= 4 is 12.0 Å². The predicted molar refractivity (Wildman–Crippen MR) is 55.4 cm³/mol. The Kier molecular flexibility index (Phi) is 3.88. The van der Waals surface area contributed by atoms with E-state index >= 15 is 0 Å². The van der Waals surface area contributed by atoms with Gasteiger partial charge in [-0.25, -0.2) is 4.79 Å². The SMILES string of the molecule is COC(=O)/C=C/c1ccc(CN)cc1. The zero-order chi connectivity index (χ0) is 10.4. The molecule has 2 N–H and O–H groups in total. The number of methoxy groups -OCH3 is 1. The van der Waals surface area contributed by atoms with Crippen LogP contribution in [-0.4, -0.2) is 13.1 Å². The average Bonchev–Trinajstić information content (AvgIpc) is 2.26. The standard InChI is InChI=1S/C11H13NO2/c1-14-11(13)7-6-9-2-4-10(8-12)5-3-9/h2-7H,8,12H2,1H3/b7-6+. The molecule has 0 heterocycles. The second-order valence-corrected chi connectivity index (χ2v) is 2.80. The van der Waals surface area contributed by atoms with Crippen molar-refractivity contribution in [3.05, 3.63) is 41.5 Å². The van der Waals surface area contributed by atoms with E-state index in [2.05, 4.69) is 4.74 Å². The van der Waals surface area contributed by atoms with E-state index in [4.69, 9.17) is 5.73 Å². The molecule has 3 heteroatoms. The predicted octanol–water partition coefficient (Wildman–Crippen LogP) is 1.33. The van der Waals surface area contributed by atoms with Gasteiger partial charge in [0.25, 0.3) is 0 Å². The Morgan fingerprint density at radius 3 is 2.57 bits per heavy atom. The first kappa shape index (κ1) is 10.5. The number of carbonyl (C=O) groups is 1. The van der Waals surface area contributed by atoms with Gasteiger partial charge < -0.3 is 10.5 Å². The molecule has 1 aromatic carbocycles. The van der Waals surface area contributed by atoms with E-state index in [0.717, 1.165) is 11.1 Å². The molecule has 0 amide bonds. The molecule has 0 aromatic heterocycles. The fraction of sp³-hybridized carbons (Fsp3) is 0.182. The highest BCUT2D eigenvalue weighted by Crippen LogP contribution is 2.05. The van der Waals surface area contributed by atoms with Gasteiger partial charge in [0.1, 0.15) is 0 Å². The van der Waals surface area contributed by atoms with Crippen LogP contribution in [-0.2, 0) is 16.1 Å². The summed E-state index contributed by atoms with van der Waals surface area (Å²) in [7, 11) is 1.35. The van der Waals surface area contributed by atoms with Crippen LogP contribution in [0.25, 0.3) is 6.08 Å². The Morgan fingerprint density at radius 1 is 1.43 bits per heavy atom. The van der Waals surface area contributed by atoms with Gasteiger partial charge in [-0.2, -0.15) is 0 Å². The summed E-state index contributed by atoms with van der Waals surface area (Å²) in [6, 6.07) is 7.66. The highest BCUT2D eigenvalue weighted by Gasteiger charge is 1.92. The van der Waals surface area contributed by atoms with E-state index < -0.39 is 0 Å². The zero-order valence-corrected chi connectivity index (χ0v) is 8.07. The van der Waals surface area contributed by atoms with Crippen LogP contribution in [0.2, 0.25) is 0 Å². The van der Waals surface area contributed by atoms with Crippen LogP contribution in [0.3, 0.4) is 0 Å². The number of esters is 1. The van der Waals surface area contributed by atoms with Gasteiger partial charge in [-0.05, 0) is 17.2 Å². The van der Waals surface area contributed by atoms with Gasteiger partial charge >= 0.3 is 5.97 Å². The van der Waals surface area contributed by atoms with Gasteiger partial charge in [-0.3, -0.25) is 0 Å². The Balaban J connectivity index is 2.68. The second-order valence-electron chi connectivity index (χ2n) is 2.80. The van der Waals surface area contributed by atoms with Crippen molar-refractivity contribution in [2.45, 2.75) is 6.54 Å². The van der Waals surface area contributed by atoms with Crippen LogP contribution >= 0.6 is 0 Å². The fourth-order valence-corrected chi connectivity index (χ4v) is 0.997. The summed E-state index contributed by atoms with van der Waals surface area (Å²) < 4.78 is 4.47. The van der Waals surface area contributed by atoms with Crippen LogP contribution in [0.15, 0.2) is 30.3 Å². The van der Waals surface area contributed by atoms with Crippen LogP contribution in [0.5, 0.6) is 0 Å². The van der Waals surface area contributed by atoms with Crippen molar-refractivity contribution in [2.24, 2.45) is 5.73 Å². The summed E-state index contributed by atoms with van der Waals surface area (Å²) in [6.07, 6.45) is 3.09. The minimum Gasteiger partial charge on any atom is -0.466 e. The molecule has 0 saturated carbocycles. The Hall–Kier alpha value is -1.61. The van der Waals surface area contributed by atoms with Crippen LogP contribution < -0.4 is 5.73 Å². The molecular weight excluding hydrogens is 178 g/mol. The summed E-state index contributed by atoms with van der Waals surface area (Å²) in [5, 5.41) is 0. The first-order valence-electron chi connectivity index (χ1n) is 4.31. The minimum absolute atomic E-state index is 0.354. The molecule has 3 nitrogen and oxygen atoms in total. The third kappa shape index (κ3) is 3.03. The Morgan fingerprint density at radius 2 is 2.07 bits per heavy atom. The molecule has 1 rings (SSSR count). The van der Waals surface area contributed by atoms with Crippen molar-refractivity contribution in [3.63, 3.8) is 0 Å². The minimum atomic E-state index is -0.354. The molecule has 0 saturated heterocycles. The summed E-state index contributed by atoms with van der Waals surface area (Å²) in [6.45, 7) is 0.529. The highest BCUT2D eigenvalue weighted by molar-refractivity contribution is 5.86. The molecule has 0 unspecified atom stereocenters. The molecular formula is C11H13NO2. The van der Waals surface area contributed by atoms with E-state index in [9.17, 15) is 4.79 Å². The maximum Gasteiger partial charge on any atom is 0.330 e. The molecule has 0 bridgehead atoms. The van der Waals surface area contributed by atoms with E-state index in [-0.39, 0.29) is 5.97 Å². The second kappa shape index (κ2) is 5.19. The molecule has 0 spiro atoms. The number of hydrogen-bond acceptors (Lipinski definition) is 3. The Labute approximate surface area is 83.2 Å². The molecule has 0 fully saturated rings. The number of nitrogens with two attached hydrogens (primary N) is 1. The average molecular weight is 191 g/mol. The molecule has 74 valence electrons. The normalized spacial score (nSPS) is 10.4. The number of hydrogen-bond donors (Lipinski definition) is 1. The maximum atomic E-state index is 10.8. The van der Waals surface area contributed by atoms with Crippen LogP contribution in [0.1, 0.15) is 11.1 Å². The van der Waals surface area contributed by atoms with Crippen LogP contribution in [0.4, 0.5) is 0 Å². The van der Waals surface area contributed by atoms with Crippen molar-refractivity contribution < 1.29 is 9.53 Å². The lowest BCUT2D eigenvalue weighted by atomic mass is 10.1.